The molecule has 0 heterocycles. The zero-order chi connectivity index (χ0) is 14.6. The largest absolute Gasteiger partial charge is 0.399 e. The number of nitrogens with two attached hydrogens (primary N) is 1. The Labute approximate surface area is 112 Å². The Morgan fingerprint density at radius 3 is 2.37 bits per heavy atom. The summed E-state index contributed by atoms with van der Waals surface area (Å²) >= 11 is 0. The van der Waals surface area contributed by atoms with Crippen molar-refractivity contribution < 1.29 is 17.8 Å². The van der Waals surface area contributed by atoms with Crippen molar-refractivity contribution in [3.05, 3.63) is 23.8 Å². The minimum absolute atomic E-state index is 0.0362. The first-order valence-corrected chi connectivity index (χ1v) is 7.05. The van der Waals surface area contributed by atoms with Crippen LogP contribution in [-0.2, 0) is 15.6 Å². The SMILES string of the molecule is CC(C)NC(=O)CCS(=O)c1c(F)cc(N)cc1F. The second-order valence-corrected chi connectivity index (χ2v) is 5.84. The summed E-state index contributed by atoms with van der Waals surface area (Å²) in [5.74, 6) is -2.36. The van der Waals surface area contributed by atoms with E-state index in [1.54, 1.807) is 13.8 Å². The zero-order valence-corrected chi connectivity index (χ0v) is 11.5. The van der Waals surface area contributed by atoms with Gasteiger partial charge < -0.3 is 11.1 Å². The molecule has 1 amide bonds. The Kier molecular flexibility index (Phi) is 5.41. The van der Waals surface area contributed by atoms with Gasteiger partial charge in [0.1, 0.15) is 16.5 Å². The number of anilines is 1. The summed E-state index contributed by atoms with van der Waals surface area (Å²) in [6.07, 6.45) is -0.0615. The summed E-state index contributed by atoms with van der Waals surface area (Å²) < 4.78 is 38.8. The van der Waals surface area contributed by atoms with Gasteiger partial charge in [-0.1, -0.05) is 0 Å². The Morgan fingerprint density at radius 1 is 1.37 bits per heavy atom. The van der Waals surface area contributed by atoms with Crippen LogP contribution in [0, 0.1) is 11.6 Å². The highest BCUT2D eigenvalue weighted by Crippen LogP contribution is 2.20. The van der Waals surface area contributed by atoms with Crippen molar-refractivity contribution >= 4 is 22.4 Å². The third-order valence-corrected chi connectivity index (χ3v) is 3.63. The minimum Gasteiger partial charge on any atom is -0.399 e. The number of amides is 1. The average Bonchev–Trinajstić information content (AvgIpc) is 2.23. The summed E-state index contributed by atoms with van der Waals surface area (Å²) in [6.45, 7) is 3.57. The van der Waals surface area contributed by atoms with Crippen LogP contribution in [0.4, 0.5) is 14.5 Å². The standard InChI is InChI=1S/C12H16F2N2O2S/c1-7(2)16-11(17)3-4-19(18)12-9(13)5-8(15)6-10(12)14/h5-7H,3-4,15H2,1-2H3,(H,16,17). The maximum absolute atomic E-state index is 13.5. The molecule has 1 aromatic carbocycles. The highest BCUT2D eigenvalue weighted by atomic mass is 32.2. The van der Waals surface area contributed by atoms with Gasteiger partial charge in [-0.15, -0.1) is 0 Å². The summed E-state index contributed by atoms with van der Waals surface area (Å²) in [4.78, 5) is 10.8. The van der Waals surface area contributed by atoms with Gasteiger partial charge in [-0.2, -0.15) is 0 Å². The predicted octanol–water partition coefficient (Wildman–Crippen LogP) is 1.57. The molecule has 1 unspecified atom stereocenters. The molecule has 0 aliphatic carbocycles. The van der Waals surface area contributed by atoms with Gasteiger partial charge in [0.2, 0.25) is 5.91 Å². The summed E-state index contributed by atoms with van der Waals surface area (Å²) in [5, 5.41) is 2.61. The Balaban J connectivity index is 2.72. The molecule has 0 aliphatic rings. The minimum atomic E-state index is -1.92. The number of hydrogen-bond acceptors (Lipinski definition) is 3. The molecular formula is C12H16F2N2O2S. The van der Waals surface area contributed by atoms with E-state index in [4.69, 9.17) is 5.73 Å². The van der Waals surface area contributed by atoms with E-state index < -0.39 is 27.3 Å². The first-order valence-electron chi connectivity index (χ1n) is 5.73. The van der Waals surface area contributed by atoms with Gasteiger partial charge in [-0.3, -0.25) is 9.00 Å². The molecule has 0 bridgehead atoms. The van der Waals surface area contributed by atoms with Gasteiger partial charge in [0.25, 0.3) is 0 Å². The molecule has 19 heavy (non-hydrogen) atoms. The smallest absolute Gasteiger partial charge is 0.221 e. The first-order chi connectivity index (χ1) is 8.81. The van der Waals surface area contributed by atoms with Gasteiger partial charge in [0.05, 0.1) is 10.8 Å². The molecule has 1 aromatic rings. The van der Waals surface area contributed by atoms with Gasteiger partial charge in [0, 0.05) is 23.9 Å². The number of carbonyl (C=O) groups is 1. The first kappa shape index (κ1) is 15.6. The van der Waals surface area contributed by atoms with Crippen LogP contribution in [0.15, 0.2) is 17.0 Å². The number of nitrogen functional groups attached to an aromatic ring is 1. The van der Waals surface area contributed by atoms with E-state index >= 15 is 0 Å². The third kappa shape index (κ3) is 4.59. The second kappa shape index (κ2) is 6.60. The van der Waals surface area contributed by atoms with Crippen LogP contribution < -0.4 is 11.1 Å². The molecule has 0 radical (unpaired) electrons. The van der Waals surface area contributed by atoms with Crippen LogP contribution in [0.2, 0.25) is 0 Å². The number of hydrogen-bond donors (Lipinski definition) is 2. The fourth-order valence-electron chi connectivity index (χ4n) is 1.48. The van der Waals surface area contributed by atoms with E-state index in [-0.39, 0.29) is 29.8 Å². The molecule has 7 heteroatoms. The Morgan fingerprint density at radius 2 is 1.89 bits per heavy atom. The van der Waals surface area contributed by atoms with Crippen LogP contribution in [0.5, 0.6) is 0 Å². The molecular weight excluding hydrogens is 274 g/mol. The molecule has 0 saturated carbocycles. The lowest BCUT2D eigenvalue weighted by Gasteiger charge is -2.09. The molecule has 4 nitrogen and oxygen atoms in total. The Bertz CT molecular complexity index is 483. The van der Waals surface area contributed by atoms with Crippen LogP contribution >= 0.6 is 0 Å². The molecule has 106 valence electrons. The molecule has 0 fully saturated rings. The number of halogens is 2. The lowest BCUT2D eigenvalue weighted by Crippen LogP contribution is -2.31. The van der Waals surface area contributed by atoms with Crippen molar-refractivity contribution in [3.8, 4) is 0 Å². The fraction of sp³-hybridized carbons (Fsp3) is 0.417. The summed E-state index contributed by atoms with van der Waals surface area (Å²) in [5.41, 5.74) is 5.19. The lowest BCUT2D eigenvalue weighted by atomic mass is 10.3. The van der Waals surface area contributed by atoms with E-state index in [2.05, 4.69) is 5.32 Å². The molecule has 3 N–H and O–H groups in total. The highest BCUT2D eigenvalue weighted by Gasteiger charge is 2.18. The van der Waals surface area contributed by atoms with Crippen LogP contribution in [-0.4, -0.2) is 21.9 Å². The second-order valence-electron chi connectivity index (χ2n) is 4.34. The van der Waals surface area contributed by atoms with Crippen molar-refractivity contribution in [2.45, 2.75) is 31.2 Å². The van der Waals surface area contributed by atoms with E-state index in [0.29, 0.717) is 0 Å². The van der Waals surface area contributed by atoms with Gasteiger partial charge >= 0.3 is 0 Å². The number of carbonyl (C=O) groups excluding carboxylic acids is 1. The highest BCUT2D eigenvalue weighted by molar-refractivity contribution is 7.85. The number of rotatable bonds is 5. The normalized spacial score (nSPS) is 12.5. The van der Waals surface area contributed by atoms with E-state index in [1.807, 2.05) is 0 Å². The van der Waals surface area contributed by atoms with E-state index in [9.17, 15) is 17.8 Å². The van der Waals surface area contributed by atoms with Crippen molar-refractivity contribution in [2.24, 2.45) is 0 Å². The maximum Gasteiger partial charge on any atom is 0.221 e. The summed E-state index contributed by atoms with van der Waals surface area (Å²) in [7, 11) is -1.92. The van der Waals surface area contributed by atoms with Crippen LogP contribution in [0.3, 0.4) is 0 Å². The fourth-order valence-corrected chi connectivity index (χ4v) is 2.61. The third-order valence-electron chi connectivity index (χ3n) is 2.21. The molecule has 0 aromatic heterocycles. The predicted molar refractivity (Wildman–Crippen MR) is 69.9 cm³/mol. The van der Waals surface area contributed by atoms with Crippen molar-refractivity contribution in [2.75, 3.05) is 11.5 Å². The van der Waals surface area contributed by atoms with E-state index in [1.165, 1.54) is 0 Å². The molecule has 0 aliphatic heterocycles. The number of benzene rings is 1. The number of nitrogens with one attached hydrogen (secondary N) is 1. The van der Waals surface area contributed by atoms with E-state index in [0.717, 1.165) is 12.1 Å². The lowest BCUT2D eigenvalue weighted by molar-refractivity contribution is -0.121. The maximum atomic E-state index is 13.5. The van der Waals surface area contributed by atoms with Gasteiger partial charge in [-0.25, -0.2) is 8.78 Å². The van der Waals surface area contributed by atoms with Gasteiger partial charge in [0.15, 0.2) is 0 Å². The Hall–Kier alpha value is -1.50. The van der Waals surface area contributed by atoms with Crippen molar-refractivity contribution in [1.82, 2.24) is 5.32 Å². The molecule has 1 atom stereocenters. The van der Waals surface area contributed by atoms with Crippen molar-refractivity contribution in [3.63, 3.8) is 0 Å². The topological polar surface area (TPSA) is 72.2 Å². The molecule has 1 rings (SSSR count). The monoisotopic (exact) mass is 290 g/mol. The van der Waals surface area contributed by atoms with Crippen LogP contribution in [0.25, 0.3) is 0 Å². The average molecular weight is 290 g/mol. The quantitative estimate of drug-likeness (QED) is 0.809. The van der Waals surface area contributed by atoms with Crippen molar-refractivity contribution in [1.29, 1.82) is 0 Å². The van der Waals surface area contributed by atoms with Gasteiger partial charge in [-0.05, 0) is 26.0 Å². The summed E-state index contributed by atoms with van der Waals surface area (Å²) in [6, 6.07) is 1.78. The zero-order valence-electron chi connectivity index (χ0n) is 10.7. The van der Waals surface area contributed by atoms with Crippen LogP contribution in [0.1, 0.15) is 20.3 Å². The molecule has 0 saturated heterocycles. The molecule has 0 spiro atoms.